The summed E-state index contributed by atoms with van der Waals surface area (Å²) in [6.45, 7) is 1.88. The molecule has 1 aromatic carbocycles. The van der Waals surface area contributed by atoms with Gasteiger partial charge in [0.2, 0.25) is 0 Å². The molecule has 0 radical (unpaired) electrons. The minimum atomic E-state index is -0.235. The quantitative estimate of drug-likeness (QED) is 0.510. The number of thiazole rings is 1. The maximum Gasteiger partial charge on any atom is 0.275 e. The van der Waals surface area contributed by atoms with Gasteiger partial charge in [0, 0.05) is 15.5 Å². The Morgan fingerprint density at radius 2 is 2.08 bits per heavy atom. The molecule has 0 aliphatic carbocycles. The first-order chi connectivity index (χ1) is 12.7. The summed E-state index contributed by atoms with van der Waals surface area (Å²) in [6.07, 6.45) is 1.59. The van der Waals surface area contributed by atoms with Gasteiger partial charge in [-0.25, -0.2) is 4.98 Å². The lowest BCUT2D eigenvalue weighted by molar-refractivity contribution is 0.102. The Kier molecular flexibility index (Phi) is 4.83. The van der Waals surface area contributed by atoms with Crippen LogP contribution in [-0.4, -0.2) is 21.1 Å². The van der Waals surface area contributed by atoms with Crippen molar-refractivity contribution in [1.82, 2.24) is 15.2 Å². The van der Waals surface area contributed by atoms with Crippen molar-refractivity contribution in [3.05, 3.63) is 58.7 Å². The van der Waals surface area contributed by atoms with Crippen molar-refractivity contribution in [3.8, 4) is 10.8 Å². The summed E-state index contributed by atoms with van der Waals surface area (Å²) in [7, 11) is 0. The average Bonchev–Trinajstić information content (AvgIpc) is 3.37. The Morgan fingerprint density at radius 1 is 1.23 bits per heavy atom. The van der Waals surface area contributed by atoms with E-state index in [2.05, 4.69) is 20.5 Å². The van der Waals surface area contributed by atoms with Gasteiger partial charge in [-0.2, -0.15) is 0 Å². The highest BCUT2D eigenvalue weighted by atomic mass is 32.2. The zero-order valence-electron chi connectivity index (χ0n) is 13.5. The maximum atomic E-state index is 12.5. The molecule has 0 aliphatic heterocycles. The summed E-state index contributed by atoms with van der Waals surface area (Å²) in [5.74, 6) is 0.427. The first kappa shape index (κ1) is 17.0. The molecular formula is C17H12N4O2S3. The van der Waals surface area contributed by atoms with Crippen LogP contribution in [0.25, 0.3) is 10.8 Å². The van der Waals surface area contributed by atoms with Gasteiger partial charge in [0.05, 0.1) is 6.26 Å². The van der Waals surface area contributed by atoms with Crippen molar-refractivity contribution >= 4 is 46.0 Å². The number of hydrogen-bond acceptors (Lipinski definition) is 8. The molecule has 130 valence electrons. The molecule has 1 amide bonds. The molecule has 26 heavy (non-hydrogen) atoms. The van der Waals surface area contributed by atoms with Crippen LogP contribution in [0.15, 0.2) is 61.8 Å². The van der Waals surface area contributed by atoms with Crippen molar-refractivity contribution in [3.63, 3.8) is 0 Å². The number of aromatic nitrogens is 3. The van der Waals surface area contributed by atoms with Crippen LogP contribution in [0.2, 0.25) is 0 Å². The van der Waals surface area contributed by atoms with Gasteiger partial charge in [0.15, 0.2) is 15.1 Å². The van der Waals surface area contributed by atoms with Crippen LogP contribution >= 0.6 is 34.4 Å². The van der Waals surface area contributed by atoms with E-state index in [4.69, 9.17) is 4.42 Å². The largest absolute Gasteiger partial charge is 0.462 e. The number of benzene rings is 1. The zero-order chi connectivity index (χ0) is 17.9. The maximum absolute atomic E-state index is 12.5. The van der Waals surface area contributed by atoms with Gasteiger partial charge in [-0.05, 0) is 43.3 Å². The van der Waals surface area contributed by atoms with Crippen molar-refractivity contribution in [2.24, 2.45) is 0 Å². The van der Waals surface area contributed by atoms with Crippen LogP contribution in [-0.2, 0) is 0 Å². The average molecular weight is 401 g/mol. The Hall–Kier alpha value is -2.49. The molecule has 3 heterocycles. The van der Waals surface area contributed by atoms with Gasteiger partial charge < -0.3 is 9.73 Å². The van der Waals surface area contributed by atoms with Gasteiger partial charge in [-0.15, -0.1) is 21.5 Å². The van der Waals surface area contributed by atoms with E-state index in [-0.39, 0.29) is 5.91 Å². The molecule has 4 aromatic rings. The molecule has 0 spiro atoms. The fourth-order valence-corrected chi connectivity index (χ4v) is 4.55. The number of carbonyl (C=O) groups is 1. The molecule has 3 aromatic heterocycles. The van der Waals surface area contributed by atoms with E-state index in [1.807, 2.05) is 37.3 Å². The normalized spacial score (nSPS) is 10.8. The van der Waals surface area contributed by atoms with E-state index >= 15 is 0 Å². The molecule has 0 fully saturated rings. The minimum Gasteiger partial charge on any atom is -0.462 e. The Balaban J connectivity index is 1.46. The number of aryl methyl sites for hydroxylation is 1. The Morgan fingerprint density at radius 3 is 2.77 bits per heavy atom. The smallest absolute Gasteiger partial charge is 0.275 e. The zero-order valence-corrected chi connectivity index (χ0v) is 16.0. The summed E-state index contributed by atoms with van der Waals surface area (Å²) in [5, 5.41) is 11.4. The molecule has 0 saturated heterocycles. The molecule has 0 aliphatic rings. The van der Waals surface area contributed by atoms with E-state index in [0.717, 1.165) is 14.1 Å². The van der Waals surface area contributed by atoms with Crippen molar-refractivity contribution < 1.29 is 9.21 Å². The van der Waals surface area contributed by atoms with Crippen molar-refractivity contribution in [1.29, 1.82) is 0 Å². The van der Waals surface area contributed by atoms with Gasteiger partial charge in [-0.1, -0.05) is 23.1 Å². The van der Waals surface area contributed by atoms with Gasteiger partial charge >= 0.3 is 0 Å². The standard InChI is InChI=1S/C17H12N4O2S3/c1-10-14(20-16(25-10)13-3-2-8-23-13)15(22)19-11-4-6-12(7-5-11)26-17-21-18-9-24-17/h2-9H,1H3,(H,19,22). The third-order valence-corrected chi connectivity index (χ3v) is 6.17. The van der Waals surface area contributed by atoms with E-state index in [0.29, 0.717) is 22.1 Å². The molecule has 0 saturated carbocycles. The van der Waals surface area contributed by atoms with Gasteiger partial charge in [0.25, 0.3) is 5.91 Å². The first-order valence-corrected chi connectivity index (χ1v) is 10.1. The summed E-state index contributed by atoms with van der Waals surface area (Å²) in [6, 6.07) is 11.2. The summed E-state index contributed by atoms with van der Waals surface area (Å²) in [4.78, 5) is 18.8. The highest BCUT2D eigenvalue weighted by Gasteiger charge is 2.17. The molecular weight excluding hydrogens is 388 g/mol. The van der Waals surface area contributed by atoms with Crippen LogP contribution in [0.3, 0.4) is 0 Å². The van der Waals surface area contributed by atoms with Crippen molar-refractivity contribution in [2.75, 3.05) is 5.32 Å². The van der Waals surface area contributed by atoms with E-state index < -0.39 is 0 Å². The minimum absolute atomic E-state index is 0.235. The molecule has 0 unspecified atom stereocenters. The van der Waals surface area contributed by atoms with E-state index in [9.17, 15) is 4.79 Å². The molecule has 4 rings (SSSR count). The number of amides is 1. The molecule has 0 bridgehead atoms. The third-order valence-electron chi connectivity index (χ3n) is 3.40. The lowest BCUT2D eigenvalue weighted by atomic mass is 10.3. The second-order valence-corrected chi connectivity index (χ2v) is 8.54. The Labute approximate surface area is 161 Å². The van der Waals surface area contributed by atoms with E-state index in [1.54, 1.807) is 17.8 Å². The number of carbonyl (C=O) groups excluding carboxylic acids is 1. The van der Waals surface area contributed by atoms with Gasteiger partial charge in [0.1, 0.15) is 11.2 Å². The van der Waals surface area contributed by atoms with Crippen LogP contribution in [0, 0.1) is 6.92 Å². The van der Waals surface area contributed by atoms with Crippen LogP contribution in [0.4, 0.5) is 5.69 Å². The highest BCUT2D eigenvalue weighted by molar-refractivity contribution is 8.01. The summed E-state index contributed by atoms with van der Waals surface area (Å²) < 4.78 is 6.23. The SMILES string of the molecule is Cc1sc(-c2ccco2)nc1C(=O)Nc1ccc(Sc2nncs2)cc1. The number of hydrogen-bond donors (Lipinski definition) is 1. The number of furan rings is 1. The van der Waals surface area contributed by atoms with Crippen LogP contribution < -0.4 is 5.32 Å². The lowest BCUT2D eigenvalue weighted by Crippen LogP contribution is -2.13. The molecule has 0 atom stereocenters. The molecule has 6 nitrogen and oxygen atoms in total. The number of nitrogens with zero attached hydrogens (tertiary/aromatic N) is 3. The number of rotatable bonds is 5. The predicted molar refractivity (Wildman–Crippen MR) is 103 cm³/mol. The number of anilines is 1. The third kappa shape index (κ3) is 3.69. The summed E-state index contributed by atoms with van der Waals surface area (Å²) in [5.41, 5.74) is 2.82. The second-order valence-electron chi connectivity index (χ2n) is 5.19. The predicted octanol–water partition coefficient (Wildman–Crippen LogP) is 4.97. The first-order valence-electron chi connectivity index (χ1n) is 7.56. The monoisotopic (exact) mass is 400 g/mol. The molecule has 1 N–H and O–H groups in total. The molecule has 9 heteroatoms. The Bertz CT molecular complexity index is 1010. The lowest BCUT2D eigenvalue weighted by Gasteiger charge is -2.05. The van der Waals surface area contributed by atoms with Gasteiger partial charge in [-0.3, -0.25) is 4.79 Å². The van der Waals surface area contributed by atoms with Crippen LogP contribution in [0.5, 0.6) is 0 Å². The second kappa shape index (κ2) is 7.40. The highest BCUT2D eigenvalue weighted by Crippen LogP contribution is 2.30. The van der Waals surface area contributed by atoms with Crippen LogP contribution in [0.1, 0.15) is 15.4 Å². The summed E-state index contributed by atoms with van der Waals surface area (Å²) >= 11 is 4.46. The van der Waals surface area contributed by atoms with Crippen molar-refractivity contribution in [2.45, 2.75) is 16.2 Å². The number of nitrogens with one attached hydrogen (secondary N) is 1. The van der Waals surface area contributed by atoms with E-state index in [1.165, 1.54) is 34.4 Å². The fourth-order valence-electron chi connectivity index (χ4n) is 2.22. The fraction of sp³-hybridized carbons (Fsp3) is 0.0588. The topological polar surface area (TPSA) is 80.9 Å².